The van der Waals surface area contributed by atoms with Crippen LogP contribution in [0.5, 0.6) is 5.75 Å². The number of nitrogens with one attached hydrogen (secondary N) is 2. The second kappa shape index (κ2) is 5.94. The van der Waals surface area contributed by atoms with Crippen LogP contribution in [0.1, 0.15) is 13.8 Å². The second-order valence-corrected chi connectivity index (χ2v) is 3.91. The highest BCUT2D eigenvalue weighted by atomic mass is 16.5. The highest BCUT2D eigenvalue weighted by Crippen LogP contribution is 2.27. The van der Waals surface area contributed by atoms with Crippen molar-refractivity contribution in [3.63, 3.8) is 0 Å². The van der Waals surface area contributed by atoms with Gasteiger partial charge in [-0.3, -0.25) is 4.79 Å². The maximum atomic E-state index is 11.0. The maximum absolute atomic E-state index is 11.0. The molecule has 0 aromatic heterocycles. The first-order chi connectivity index (χ1) is 8.02. The molecule has 0 aliphatic heterocycles. The van der Waals surface area contributed by atoms with Gasteiger partial charge < -0.3 is 15.4 Å². The topological polar surface area (TPSA) is 50.4 Å². The highest BCUT2D eigenvalue weighted by Gasteiger charge is 2.04. The van der Waals surface area contributed by atoms with Crippen molar-refractivity contribution in [3.05, 3.63) is 30.4 Å². The number of carbonyl (C=O) groups is 1. The fraction of sp³-hybridized carbons (Fsp3) is 0.308. The van der Waals surface area contributed by atoms with Crippen LogP contribution in [0.2, 0.25) is 0 Å². The Balaban J connectivity index is 2.89. The lowest BCUT2D eigenvalue weighted by molar-refractivity contribution is -0.114. The molecule has 4 nitrogen and oxygen atoms in total. The Morgan fingerprint density at radius 3 is 2.65 bits per heavy atom. The van der Waals surface area contributed by atoms with Gasteiger partial charge in [-0.05, 0) is 25.1 Å². The number of amides is 1. The maximum Gasteiger partial charge on any atom is 0.221 e. The summed E-state index contributed by atoms with van der Waals surface area (Å²) in [6.45, 7) is 7.91. The lowest BCUT2D eigenvalue weighted by Gasteiger charge is -2.13. The van der Waals surface area contributed by atoms with Crippen molar-refractivity contribution in [2.24, 2.45) is 0 Å². The van der Waals surface area contributed by atoms with E-state index in [0.717, 1.165) is 22.7 Å². The van der Waals surface area contributed by atoms with Crippen molar-refractivity contribution < 1.29 is 9.53 Å². The van der Waals surface area contributed by atoms with E-state index >= 15 is 0 Å². The highest BCUT2D eigenvalue weighted by molar-refractivity contribution is 5.89. The summed E-state index contributed by atoms with van der Waals surface area (Å²) in [4.78, 5) is 11.0. The quantitative estimate of drug-likeness (QED) is 0.770. The van der Waals surface area contributed by atoms with E-state index in [1.807, 2.05) is 19.1 Å². The van der Waals surface area contributed by atoms with E-state index in [9.17, 15) is 4.79 Å². The number of hydrogen-bond acceptors (Lipinski definition) is 3. The Hall–Kier alpha value is -1.97. The third kappa shape index (κ3) is 4.18. The summed E-state index contributed by atoms with van der Waals surface area (Å²) in [5.41, 5.74) is 2.60. The van der Waals surface area contributed by atoms with Gasteiger partial charge in [-0.15, -0.1) is 0 Å². The van der Waals surface area contributed by atoms with Crippen LogP contribution in [-0.2, 0) is 4.79 Å². The zero-order chi connectivity index (χ0) is 12.8. The van der Waals surface area contributed by atoms with E-state index in [4.69, 9.17) is 4.74 Å². The molecule has 0 bridgehead atoms. The zero-order valence-electron chi connectivity index (χ0n) is 10.5. The molecule has 0 unspecified atom stereocenters. The van der Waals surface area contributed by atoms with Gasteiger partial charge >= 0.3 is 0 Å². The van der Waals surface area contributed by atoms with Crippen LogP contribution in [-0.4, -0.2) is 19.6 Å². The standard InChI is InChI=1S/C13H18N2O2/c1-9(2)8-14-12-7-11(15-10(3)16)5-6-13(12)17-4/h5-7,14H,1,8H2,2-4H3,(H,15,16). The van der Waals surface area contributed by atoms with Crippen molar-refractivity contribution >= 4 is 17.3 Å². The molecule has 0 radical (unpaired) electrons. The SMILES string of the molecule is C=C(C)CNc1cc(NC(C)=O)ccc1OC. The van der Waals surface area contributed by atoms with E-state index in [1.165, 1.54) is 6.92 Å². The van der Waals surface area contributed by atoms with E-state index in [-0.39, 0.29) is 5.91 Å². The lowest BCUT2D eigenvalue weighted by atomic mass is 10.2. The molecular weight excluding hydrogens is 216 g/mol. The molecule has 1 rings (SSSR count). The van der Waals surface area contributed by atoms with Crippen LogP contribution in [0.3, 0.4) is 0 Å². The number of methoxy groups -OCH3 is 1. The van der Waals surface area contributed by atoms with E-state index in [1.54, 1.807) is 13.2 Å². The van der Waals surface area contributed by atoms with Gasteiger partial charge in [-0.25, -0.2) is 0 Å². The first-order valence-corrected chi connectivity index (χ1v) is 5.37. The Kier molecular flexibility index (Phi) is 4.57. The molecule has 4 heteroatoms. The van der Waals surface area contributed by atoms with Gasteiger partial charge in [0.15, 0.2) is 0 Å². The molecule has 0 aliphatic rings. The number of benzene rings is 1. The molecule has 0 saturated heterocycles. The van der Waals surface area contributed by atoms with E-state index < -0.39 is 0 Å². The average molecular weight is 234 g/mol. The van der Waals surface area contributed by atoms with Crippen LogP contribution >= 0.6 is 0 Å². The van der Waals surface area contributed by atoms with Crippen molar-refractivity contribution in [2.75, 3.05) is 24.3 Å². The van der Waals surface area contributed by atoms with Crippen LogP contribution in [0.25, 0.3) is 0 Å². The third-order valence-corrected chi connectivity index (χ3v) is 2.10. The van der Waals surface area contributed by atoms with Crippen LogP contribution in [0.4, 0.5) is 11.4 Å². The summed E-state index contributed by atoms with van der Waals surface area (Å²) in [6, 6.07) is 5.45. The minimum Gasteiger partial charge on any atom is -0.495 e. The molecule has 1 aromatic carbocycles. The summed E-state index contributed by atoms with van der Waals surface area (Å²) in [5.74, 6) is 0.640. The molecule has 0 aliphatic carbocycles. The van der Waals surface area contributed by atoms with E-state index in [0.29, 0.717) is 6.54 Å². The molecule has 0 spiro atoms. The van der Waals surface area contributed by atoms with Crippen LogP contribution < -0.4 is 15.4 Å². The van der Waals surface area contributed by atoms with Gasteiger partial charge in [-0.2, -0.15) is 0 Å². The summed E-state index contributed by atoms with van der Waals surface area (Å²) in [7, 11) is 1.61. The number of carbonyl (C=O) groups excluding carboxylic acids is 1. The Morgan fingerprint density at radius 1 is 1.41 bits per heavy atom. The first-order valence-electron chi connectivity index (χ1n) is 5.37. The van der Waals surface area contributed by atoms with E-state index in [2.05, 4.69) is 17.2 Å². The van der Waals surface area contributed by atoms with Gasteiger partial charge in [0.25, 0.3) is 0 Å². The van der Waals surface area contributed by atoms with Crippen molar-refractivity contribution in [1.82, 2.24) is 0 Å². The van der Waals surface area contributed by atoms with Crippen LogP contribution in [0.15, 0.2) is 30.4 Å². The van der Waals surface area contributed by atoms with Gasteiger partial charge in [0.2, 0.25) is 5.91 Å². The number of hydrogen-bond donors (Lipinski definition) is 2. The molecule has 17 heavy (non-hydrogen) atoms. The number of anilines is 2. The largest absolute Gasteiger partial charge is 0.495 e. The number of rotatable bonds is 5. The Morgan fingerprint density at radius 2 is 2.12 bits per heavy atom. The number of ether oxygens (including phenoxy) is 1. The Labute approximate surface area is 102 Å². The molecule has 0 fully saturated rings. The Bertz CT molecular complexity index is 427. The minimum atomic E-state index is -0.0963. The summed E-state index contributed by atoms with van der Waals surface area (Å²) < 4.78 is 5.23. The van der Waals surface area contributed by atoms with Gasteiger partial charge in [0, 0.05) is 19.2 Å². The molecule has 1 amide bonds. The molecule has 0 heterocycles. The fourth-order valence-electron chi connectivity index (χ4n) is 1.37. The second-order valence-electron chi connectivity index (χ2n) is 3.91. The fourth-order valence-corrected chi connectivity index (χ4v) is 1.37. The molecule has 2 N–H and O–H groups in total. The van der Waals surface area contributed by atoms with Crippen LogP contribution in [0, 0.1) is 0 Å². The summed E-state index contributed by atoms with van der Waals surface area (Å²) in [6.07, 6.45) is 0. The normalized spacial score (nSPS) is 9.59. The molecule has 1 aromatic rings. The minimum absolute atomic E-state index is 0.0963. The molecule has 92 valence electrons. The lowest BCUT2D eigenvalue weighted by Crippen LogP contribution is -2.08. The molecule has 0 atom stereocenters. The van der Waals surface area contributed by atoms with Crippen molar-refractivity contribution in [3.8, 4) is 5.75 Å². The third-order valence-electron chi connectivity index (χ3n) is 2.10. The van der Waals surface area contributed by atoms with Crippen molar-refractivity contribution in [1.29, 1.82) is 0 Å². The summed E-state index contributed by atoms with van der Waals surface area (Å²) in [5, 5.41) is 5.93. The predicted molar refractivity (Wildman–Crippen MR) is 70.6 cm³/mol. The zero-order valence-corrected chi connectivity index (χ0v) is 10.5. The monoisotopic (exact) mass is 234 g/mol. The molecule has 0 saturated carbocycles. The van der Waals surface area contributed by atoms with Gasteiger partial charge in [0.05, 0.1) is 12.8 Å². The van der Waals surface area contributed by atoms with Crippen molar-refractivity contribution in [2.45, 2.75) is 13.8 Å². The average Bonchev–Trinajstić information content (AvgIpc) is 2.25. The first kappa shape index (κ1) is 13.1. The molecular formula is C13H18N2O2. The van der Waals surface area contributed by atoms with Gasteiger partial charge in [0.1, 0.15) is 5.75 Å². The smallest absolute Gasteiger partial charge is 0.221 e. The van der Waals surface area contributed by atoms with Gasteiger partial charge in [-0.1, -0.05) is 12.2 Å². The predicted octanol–water partition coefficient (Wildman–Crippen LogP) is 2.64. The summed E-state index contributed by atoms with van der Waals surface area (Å²) >= 11 is 0.